The summed E-state index contributed by atoms with van der Waals surface area (Å²) in [5.41, 5.74) is 1.46. The summed E-state index contributed by atoms with van der Waals surface area (Å²) in [6.45, 7) is 5.14. The van der Waals surface area contributed by atoms with Crippen LogP contribution in [0.4, 0.5) is 4.79 Å². The molecular formula is C35H42N3NaO10S. The minimum Gasteiger partial charge on any atom is -0.748 e. The quantitative estimate of drug-likeness (QED) is 0.107. The van der Waals surface area contributed by atoms with Crippen LogP contribution in [-0.2, 0) is 59.3 Å². The van der Waals surface area contributed by atoms with Gasteiger partial charge in [-0.15, -0.1) is 0 Å². The third-order valence-electron chi connectivity index (χ3n) is 6.95. The van der Waals surface area contributed by atoms with Gasteiger partial charge >= 0.3 is 41.6 Å². The van der Waals surface area contributed by atoms with E-state index in [1.807, 2.05) is 18.2 Å². The van der Waals surface area contributed by atoms with Gasteiger partial charge in [-0.05, 0) is 61.6 Å². The Morgan fingerprint density at radius 1 is 0.780 bits per heavy atom. The van der Waals surface area contributed by atoms with Crippen LogP contribution in [0.1, 0.15) is 55.9 Å². The molecule has 0 aliphatic carbocycles. The summed E-state index contributed by atoms with van der Waals surface area (Å²) >= 11 is 0. The minimum absolute atomic E-state index is 0. The molecule has 0 bridgehead atoms. The van der Waals surface area contributed by atoms with E-state index in [0.717, 1.165) is 11.1 Å². The van der Waals surface area contributed by atoms with Crippen LogP contribution in [0, 0.1) is 0 Å². The van der Waals surface area contributed by atoms with Crippen LogP contribution >= 0.6 is 0 Å². The molecule has 0 aliphatic rings. The maximum atomic E-state index is 13.7. The molecule has 0 spiro atoms. The Morgan fingerprint density at radius 3 is 1.96 bits per heavy atom. The van der Waals surface area contributed by atoms with E-state index in [1.165, 1.54) is 31.4 Å². The van der Waals surface area contributed by atoms with Crippen molar-refractivity contribution >= 4 is 34.0 Å². The van der Waals surface area contributed by atoms with Gasteiger partial charge in [-0.2, -0.15) is 0 Å². The van der Waals surface area contributed by atoms with Gasteiger partial charge in [0.25, 0.3) is 0 Å². The number of carbonyl (C=O) groups excluding carboxylic acids is 4. The zero-order chi connectivity index (χ0) is 36.0. The van der Waals surface area contributed by atoms with Gasteiger partial charge in [-0.1, -0.05) is 66.7 Å². The molecule has 264 valence electrons. The van der Waals surface area contributed by atoms with Crippen molar-refractivity contribution in [3.63, 3.8) is 0 Å². The first kappa shape index (κ1) is 42.2. The summed E-state index contributed by atoms with van der Waals surface area (Å²) in [6, 6.07) is 19.6. The summed E-state index contributed by atoms with van der Waals surface area (Å²) in [5, 5.41) is 7.97. The zero-order valence-corrected chi connectivity index (χ0v) is 31.7. The summed E-state index contributed by atoms with van der Waals surface area (Å²) in [7, 11) is -2.96. The Morgan fingerprint density at radius 2 is 1.38 bits per heavy atom. The van der Waals surface area contributed by atoms with E-state index in [1.54, 1.807) is 57.2 Å². The first-order chi connectivity index (χ1) is 23.1. The molecule has 3 rings (SSSR count). The van der Waals surface area contributed by atoms with Crippen molar-refractivity contribution in [3.8, 4) is 5.75 Å². The molecule has 2 atom stereocenters. The van der Waals surface area contributed by atoms with Crippen LogP contribution in [0.3, 0.4) is 0 Å². The van der Waals surface area contributed by atoms with Crippen molar-refractivity contribution in [2.75, 3.05) is 7.11 Å². The first-order valence-electron chi connectivity index (χ1n) is 15.5. The van der Waals surface area contributed by atoms with Gasteiger partial charge in [0.2, 0.25) is 11.8 Å². The number of methoxy groups -OCH3 is 1. The van der Waals surface area contributed by atoms with Gasteiger partial charge in [0, 0.05) is 19.4 Å². The molecule has 0 saturated heterocycles. The van der Waals surface area contributed by atoms with E-state index in [0.29, 0.717) is 11.3 Å². The number of hydrogen-bond donors (Lipinski definition) is 3. The number of alkyl carbamates (subject to hydrolysis) is 1. The van der Waals surface area contributed by atoms with Crippen molar-refractivity contribution in [2.45, 2.75) is 76.6 Å². The Balaban J connectivity index is 0.00000867. The standard InChI is InChI=1S/C35H43N3O10S.Na/c1-35(2,3)48-34(42)38-30(20-24-10-12-27(13-11-24)23-49(43,44)45)33(41)37-29(18-19-31(39)47-22-26-8-6-5-7-9-26)32(40)36-21-25-14-16-28(46-4)17-15-25;/h5-17,29-30H,18-23H2,1-4H3,(H,36,40)(H,37,41)(H,38,42)(H,43,44,45);/q;+1/p-1/t29-,30-;/m0./s1. The summed E-state index contributed by atoms with van der Waals surface area (Å²) in [6.07, 6.45) is -1.26. The topological polar surface area (TPSA) is 189 Å². The van der Waals surface area contributed by atoms with E-state index < -0.39 is 57.4 Å². The molecule has 3 N–H and O–H groups in total. The minimum atomic E-state index is -4.50. The van der Waals surface area contributed by atoms with Crippen molar-refractivity contribution in [1.82, 2.24) is 16.0 Å². The van der Waals surface area contributed by atoms with Crippen LogP contribution in [0.25, 0.3) is 0 Å². The second-order valence-electron chi connectivity index (χ2n) is 12.2. The molecule has 0 aromatic heterocycles. The average molecular weight is 720 g/mol. The fraction of sp³-hybridized carbons (Fsp3) is 0.371. The van der Waals surface area contributed by atoms with Crippen molar-refractivity contribution in [1.29, 1.82) is 0 Å². The maximum Gasteiger partial charge on any atom is 1.00 e. The molecule has 0 saturated carbocycles. The Hall–Kier alpha value is -3.95. The zero-order valence-electron chi connectivity index (χ0n) is 28.9. The van der Waals surface area contributed by atoms with E-state index >= 15 is 0 Å². The van der Waals surface area contributed by atoms with E-state index in [-0.39, 0.29) is 67.5 Å². The van der Waals surface area contributed by atoms with Crippen LogP contribution < -0.4 is 50.2 Å². The molecule has 0 radical (unpaired) electrons. The summed E-state index contributed by atoms with van der Waals surface area (Å²) < 4.78 is 49.3. The van der Waals surface area contributed by atoms with Gasteiger partial charge in [-0.25, -0.2) is 13.2 Å². The number of amides is 3. The predicted octanol–water partition coefficient (Wildman–Crippen LogP) is 0.505. The SMILES string of the molecule is COc1ccc(CNC(=O)[C@H](CCC(=O)OCc2ccccc2)NC(=O)[C@H](Cc2ccc(CS(=O)(=O)[O-])cc2)NC(=O)OC(C)(C)C)cc1.[Na+]. The summed E-state index contributed by atoms with van der Waals surface area (Å²) in [5.74, 6) is -1.94. The second-order valence-corrected chi connectivity index (χ2v) is 13.6. The molecular weight excluding hydrogens is 677 g/mol. The third kappa shape index (κ3) is 16.2. The fourth-order valence-electron chi connectivity index (χ4n) is 4.54. The van der Waals surface area contributed by atoms with Gasteiger partial charge in [0.1, 0.15) is 30.0 Å². The smallest absolute Gasteiger partial charge is 0.748 e. The molecule has 0 fully saturated rings. The molecule has 3 aromatic rings. The molecule has 13 nitrogen and oxygen atoms in total. The van der Waals surface area contributed by atoms with E-state index in [4.69, 9.17) is 14.2 Å². The van der Waals surface area contributed by atoms with Crippen molar-refractivity contribution < 1.29 is 75.9 Å². The number of ether oxygens (including phenoxy) is 3. The number of nitrogens with one attached hydrogen (secondary N) is 3. The number of rotatable bonds is 16. The largest absolute Gasteiger partial charge is 1.00 e. The van der Waals surface area contributed by atoms with Gasteiger partial charge < -0.3 is 34.7 Å². The third-order valence-corrected chi connectivity index (χ3v) is 7.64. The predicted molar refractivity (Wildman–Crippen MR) is 179 cm³/mol. The average Bonchev–Trinajstić information content (AvgIpc) is 3.04. The second kappa shape index (κ2) is 20.0. The fourth-order valence-corrected chi connectivity index (χ4v) is 5.14. The number of esters is 1. The van der Waals surface area contributed by atoms with Gasteiger partial charge in [0.15, 0.2) is 0 Å². The van der Waals surface area contributed by atoms with Crippen LogP contribution in [-0.4, -0.2) is 61.6 Å². The number of carbonyl (C=O) groups is 4. The van der Waals surface area contributed by atoms with Crippen LogP contribution in [0.15, 0.2) is 78.9 Å². The monoisotopic (exact) mass is 719 g/mol. The first-order valence-corrected chi connectivity index (χ1v) is 17.1. The Labute approximate surface area is 314 Å². The van der Waals surface area contributed by atoms with E-state index in [2.05, 4.69) is 16.0 Å². The number of benzene rings is 3. The molecule has 3 aromatic carbocycles. The molecule has 3 amide bonds. The van der Waals surface area contributed by atoms with Crippen molar-refractivity contribution in [3.05, 3.63) is 101 Å². The normalized spacial score (nSPS) is 12.3. The Kier molecular flexibility index (Phi) is 16.9. The number of hydrogen-bond acceptors (Lipinski definition) is 10. The Bertz CT molecular complexity index is 1660. The molecule has 0 heterocycles. The van der Waals surface area contributed by atoms with Gasteiger partial charge in [0.05, 0.1) is 23.0 Å². The maximum absolute atomic E-state index is 13.7. The molecule has 0 unspecified atom stereocenters. The molecule has 50 heavy (non-hydrogen) atoms. The molecule has 0 aliphatic heterocycles. The van der Waals surface area contributed by atoms with Gasteiger partial charge in [-0.3, -0.25) is 14.4 Å². The molecule has 15 heteroatoms. The summed E-state index contributed by atoms with van der Waals surface area (Å²) in [4.78, 5) is 52.5. The van der Waals surface area contributed by atoms with E-state index in [9.17, 15) is 32.1 Å². The van der Waals surface area contributed by atoms with Crippen LogP contribution in [0.5, 0.6) is 5.75 Å². The van der Waals surface area contributed by atoms with Crippen molar-refractivity contribution in [2.24, 2.45) is 0 Å². The van der Waals surface area contributed by atoms with Crippen LogP contribution in [0.2, 0.25) is 0 Å².